The van der Waals surface area contributed by atoms with E-state index in [4.69, 9.17) is 9.47 Å². The van der Waals surface area contributed by atoms with Gasteiger partial charge >= 0.3 is 5.69 Å². The zero-order valence-corrected chi connectivity index (χ0v) is 14.0. The Hall–Kier alpha value is -2.89. The van der Waals surface area contributed by atoms with Crippen LogP contribution in [0.4, 0.5) is 5.69 Å². The Labute approximate surface area is 140 Å². The molecule has 2 aromatic rings. The Morgan fingerprint density at radius 1 is 1.17 bits per heavy atom. The second-order valence-corrected chi connectivity index (χ2v) is 5.53. The van der Waals surface area contributed by atoms with Crippen LogP contribution in [0.5, 0.6) is 11.5 Å². The number of hydrogen-bond acceptors (Lipinski definition) is 5. The van der Waals surface area contributed by atoms with E-state index in [0.29, 0.717) is 11.3 Å². The van der Waals surface area contributed by atoms with Crippen LogP contribution in [0.15, 0.2) is 36.4 Å². The first-order valence-electron chi connectivity index (χ1n) is 7.44. The van der Waals surface area contributed by atoms with Crippen molar-refractivity contribution in [3.8, 4) is 11.5 Å². The van der Waals surface area contributed by atoms with E-state index in [1.165, 1.54) is 19.2 Å². The van der Waals surface area contributed by atoms with Gasteiger partial charge in [0.05, 0.1) is 18.1 Å². The molecule has 6 nitrogen and oxygen atoms in total. The van der Waals surface area contributed by atoms with E-state index in [-0.39, 0.29) is 17.2 Å². The summed E-state index contributed by atoms with van der Waals surface area (Å²) in [4.78, 5) is 23.2. The SMILES string of the molecule is COc1ccc(O[C@@H](C)C(=O)c2cc(C)ccc2C)c([N+](=O)[O-])c1. The molecule has 0 amide bonds. The number of hydrogen-bond donors (Lipinski definition) is 0. The molecule has 0 aromatic heterocycles. The van der Waals surface area contributed by atoms with Crippen LogP contribution in [0.1, 0.15) is 28.4 Å². The summed E-state index contributed by atoms with van der Waals surface area (Å²) in [6, 6.07) is 9.84. The Morgan fingerprint density at radius 3 is 2.50 bits per heavy atom. The highest BCUT2D eigenvalue weighted by Gasteiger charge is 2.23. The number of carbonyl (C=O) groups excluding carboxylic acids is 1. The van der Waals surface area contributed by atoms with Gasteiger partial charge in [-0.2, -0.15) is 0 Å². The number of ether oxygens (including phenoxy) is 2. The molecule has 0 radical (unpaired) electrons. The third-order valence-electron chi connectivity index (χ3n) is 3.69. The minimum Gasteiger partial charge on any atom is -0.496 e. The third kappa shape index (κ3) is 3.71. The van der Waals surface area contributed by atoms with Crippen LogP contribution in [-0.4, -0.2) is 23.9 Å². The number of ketones is 1. The number of nitro benzene ring substituents is 1. The number of carbonyl (C=O) groups is 1. The monoisotopic (exact) mass is 329 g/mol. The lowest BCUT2D eigenvalue weighted by molar-refractivity contribution is -0.386. The molecule has 0 aliphatic rings. The second-order valence-electron chi connectivity index (χ2n) is 5.53. The Balaban J connectivity index is 2.29. The molecular formula is C18H19NO5. The van der Waals surface area contributed by atoms with Gasteiger partial charge in [0, 0.05) is 5.56 Å². The fourth-order valence-corrected chi connectivity index (χ4v) is 2.33. The minimum absolute atomic E-state index is 0.0342. The molecule has 0 spiro atoms. The van der Waals surface area contributed by atoms with E-state index in [0.717, 1.165) is 11.1 Å². The standard InChI is InChI=1S/C18H19NO5/c1-11-5-6-12(2)15(9-11)18(20)13(3)24-17-8-7-14(23-4)10-16(17)19(21)22/h5-10,13H,1-4H3/t13-/m0/s1. The molecular weight excluding hydrogens is 310 g/mol. The van der Waals surface area contributed by atoms with Gasteiger partial charge < -0.3 is 9.47 Å². The Bertz CT molecular complexity index is 785. The van der Waals surface area contributed by atoms with Crippen molar-refractivity contribution in [3.05, 3.63) is 63.2 Å². The van der Waals surface area contributed by atoms with Crippen molar-refractivity contribution in [2.24, 2.45) is 0 Å². The fourth-order valence-electron chi connectivity index (χ4n) is 2.33. The highest BCUT2D eigenvalue weighted by Crippen LogP contribution is 2.32. The van der Waals surface area contributed by atoms with Crippen LogP contribution in [-0.2, 0) is 0 Å². The summed E-state index contributed by atoms with van der Waals surface area (Å²) >= 11 is 0. The van der Waals surface area contributed by atoms with Crippen molar-refractivity contribution in [3.63, 3.8) is 0 Å². The predicted molar refractivity (Wildman–Crippen MR) is 90.0 cm³/mol. The van der Waals surface area contributed by atoms with Gasteiger partial charge in [-0.15, -0.1) is 0 Å². The summed E-state index contributed by atoms with van der Waals surface area (Å²) in [5, 5.41) is 11.2. The topological polar surface area (TPSA) is 78.7 Å². The van der Waals surface area contributed by atoms with Gasteiger partial charge in [0.1, 0.15) is 5.75 Å². The van der Waals surface area contributed by atoms with Crippen molar-refractivity contribution in [1.82, 2.24) is 0 Å². The first kappa shape index (κ1) is 17.5. The normalized spacial score (nSPS) is 11.7. The summed E-state index contributed by atoms with van der Waals surface area (Å²) < 4.78 is 10.6. The second kappa shape index (κ2) is 7.12. The summed E-state index contributed by atoms with van der Waals surface area (Å²) in [7, 11) is 1.42. The molecule has 1 atom stereocenters. The molecule has 0 aliphatic carbocycles. The first-order valence-corrected chi connectivity index (χ1v) is 7.44. The van der Waals surface area contributed by atoms with E-state index < -0.39 is 11.0 Å². The molecule has 0 bridgehead atoms. The van der Waals surface area contributed by atoms with Crippen molar-refractivity contribution in [2.45, 2.75) is 26.9 Å². The number of rotatable bonds is 6. The molecule has 0 saturated heterocycles. The molecule has 0 heterocycles. The number of nitrogens with zero attached hydrogens (tertiary/aromatic N) is 1. The molecule has 2 rings (SSSR count). The lowest BCUT2D eigenvalue weighted by Gasteiger charge is -2.15. The highest BCUT2D eigenvalue weighted by atomic mass is 16.6. The van der Waals surface area contributed by atoms with Crippen molar-refractivity contribution in [1.29, 1.82) is 0 Å². The Morgan fingerprint density at radius 2 is 1.88 bits per heavy atom. The summed E-state index contributed by atoms with van der Waals surface area (Å²) in [5.74, 6) is 0.163. The predicted octanol–water partition coefficient (Wildman–Crippen LogP) is 3.87. The van der Waals surface area contributed by atoms with Gasteiger partial charge in [0.15, 0.2) is 11.9 Å². The zero-order valence-electron chi connectivity index (χ0n) is 14.0. The number of nitro groups is 1. The Kier molecular flexibility index (Phi) is 5.18. The molecule has 0 saturated carbocycles. The first-order chi connectivity index (χ1) is 11.3. The number of benzene rings is 2. The molecule has 24 heavy (non-hydrogen) atoms. The number of Topliss-reactive ketones (excluding diaryl/α,β-unsaturated/α-hetero) is 1. The van der Waals surface area contributed by atoms with Crippen LogP contribution in [0, 0.1) is 24.0 Å². The van der Waals surface area contributed by atoms with Crippen LogP contribution in [0.25, 0.3) is 0 Å². The molecule has 2 aromatic carbocycles. The maximum atomic E-state index is 12.6. The van der Waals surface area contributed by atoms with E-state index >= 15 is 0 Å². The van der Waals surface area contributed by atoms with Gasteiger partial charge in [-0.25, -0.2) is 0 Å². The van der Waals surface area contributed by atoms with Crippen LogP contribution in [0.2, 0.25) is 0 Å². The van der Waals surface area contributed by atoms with E-state index in [9.17, 15) is 14.9 Å². The maximum absolute atomic E-state index is 12.6. The molecule has 6 heteroatoms. The fraction of sp³-hybridized carbons (Fsp3) is 0.278. The number of aryl methyl sites for hydroxylation is 2. The summed E-state index contributed by atoms with van der Waals surface area (Å²) in [5.41, 5.74) is 2.12. The lowest BCUT2D eigenvalue weighted by Crippen LogP contribution is -2.25. The van der Waals surface area contributed by atoms with Crippen molar-refractivity contribution < 1.29 is 19.2 Å². The molecule has 126 valence electrons. The quantitative estimate of drug-likeness (QED) is 0.456. The largest absolute Gasteiger partial charge is 0.496 e. The van der Waals surface area contributed by atoms with Crippen LogP contribution >= 0.6 is 0 Å². The summed E-state index contributed by atoms with van der Waals surface area (Å²) in [6.45, 7) is 5.32. The highest BCUT2D eigenvalue weighted by molar-refractivity contribution is 6.00. The van der Waals surface area contributed by atoms with E-state index in [2.05, 4.69) is 0 Å². The van der Waals surface area contributed by atoms with Crippen molar-refractivity contribution >= 4 is 11.5 Å². The lowest BCUT2D eigenvalue weighted by atomic mass is 9.99. The van der Waals surface area contributed by atoms with Gasteiger partial charge in [-0.1, -0.05) is 17.7 Å². The van der Waals surface area contributed by atoms with Crippen molar-refractivity contribution in [2.75, 3.05) is 7.11 Å². The molecule has 0 aliphatic heterocycles. The van der Waals surface area contributed by atoms with Crippen LogP contribution < -0.4 is 9.47 Å². The average molecular weight is 329 g/mol. The maximum Gasteiger partial charge on any atom is 0.314 e. The minimum atomic E-state index is -0.849. The van der Waals surface area contributed by atoms with Gasteiger partial charge in [0.2, 0.25) is 5.78 Å². The van der Waals surface area contributed by atoms with Crippen LogP contribution in [0.3, 0.4) is 0 Å². The smallest absolute Gasteiger partial charge is 0.314 e. The average Bonchev–Trinajstić information content (AvgIpc) is 2.56. The molecule has 0 unspecified atom stereocenters. The van der Waals surface area contributed by atoms with Gasteiger partial charge in [0.25, 0.3) is 0 Å². The number of methoxy groups -OCH3 is 1. The molecule has 0 fully saturated rings. The van der Waals surface area contributed by atoms with E-state index in [1.54, 1.807) is 19.1 Å². The van der Waals surface area contributed by atoms with E-state index in [1.807, 2.05) is 26.0 Å². The van der Waals surface area contributed by atoms with Gasteiger partial charge in [-0.3, -0.25) is 14.9 Å². The zero-order chi connectivity index (χ0) is 17.9. The van der Waals surface area contributed by atoms with Gasteiger partial charge in [-0.05, 0) is 44.5 Å². The summed E-state index contributed by atoms with van der Waals surface area (Å²) in [6.07, 6.45) is -0.849. The third-order valence-corrected chi connectivity index (χ3v) is 3.69. The molecule has 0 N–H and O–H groups in total.